The number of nitrogens with one attached hydrogen (secondary N) is 1. The Morgan fingerprint density at radius 1 is 1.33 bits per heavy atom. The lowest BCUT2D eigenvalue weighted by Gasteiger charge is -2.37. The molecule has 4 aromatic heterocycles. The van der Waals surface area contributed by atoms with Crippen molar-refractivity contribution in [2.75, 3.05) is 23.7 Å². The van der Waals surface area contributed by atoms with Gasteiger partial charge in [0.1, 0.15) is 17.7 Å². The number of carbonyl (C=O) groups is 1. The van der Waals surface area contributed by atoms with Gasteiger partial charge in [-0.1, -0.05) is 11.6 Å². The molecule has 11 nitrogen and oxygen atoms in total. The minimum absolute atomic E-state index is 0.0731. The van der Waals surface area contributed by atoms with E-state index in [2.05, 4.69) is 20.4 Å². The maximum absolute atomic E-state index is 13.2. The molecule has 3 atom stereocenters. The predicted octanol–water partition coefficient (Wildman–Crippen LogP) is 1.04. The van der Waals surface area contributed by atoms with Crippen molar-refractivity contribution in [2.24, 2.45) is 0 Å². The van der Waals surface area contributed by atoms with Crippen LogP contribution in [-0.4, -0.2) is 65.4 Å². The molecule has 0 aliphatic carbocycles. The lowest BCUT2D eigenvalue weighted by molar-refractivity contribution is 0.0646. The van der Waals surface area contributed by atoms with Crippen molar-refractivity contribution < 1.29 is 15.0 Å². The van der Waals surface area contributed by atoms with Crippen LogP contribution >= 0.6 is 11.6 Å². The summed E-state index contributed by atoms with van der Waals surface area (Å²) in [6.45, 7) is 2.47. The number of anilines is 2. The topological polar surface area (TPSA) is 146 Å². The van der Waals surface area contributed by atoms with Gasteiger partial charge < -0.3 is 26.2 Å². The number of amides is 1. The Balaban J connectivity index is 1.55. The summed E-state index contributed by atoms with van der Waals surface area (Å²) in [6, 6.07) is 2.95. The summed E-state index contributed by atoms with van der Waals surface area (Å²) in [6.07, 6.45) is 5.41. The average Bonchev–Trinajstić information content (AvgIpc) is 3.37. The lowest BCUT2D eigenvalue weighted by Crippen LogP contribution is -2.47. The van der Waals surface area contributed by atoms with Crippen LogP contribution in [-0.2, 0) is 0 Å². The molecule has 0 saturated carbocycles. The minimum atomic E-state index is -0.689. The summed E-state index contributed by atoms with van der Waals surface area (Å²) in [4.78, 5) is 23.5. The van der Waals surface area contributed by atoms with Crippen LogP contribution in [0.5, 0.6) is 0 Å². The van der Waals surface area contributed by atoms with E-state index in [1.165, 1.54) is 4.52 Å². The number of aliphatic hydroxyl groups is 2. The summed E-state index contributed by atoms with van der Waals surface area (Å²) in [7, 11) is 0. The van der Waals surface area contributed by atoms with Crippen molar-refractivity contribution in [3.63, 3.8) is 0 Å². The second kappa shape index (κ2) is 8.18. The van der Waals surface area contributed by atoms with Gasteiger partial charge >= 0.3 is 0 Å². The molecule has 0 bridgehead atoms. The molecular weight excluding hydrogens is 448 g/mol. The SMILES string of the molecule is CC(NC(=O)c1c(N)nn2cccnc12)c1cc(Cl)c2cncn2c1N1C[C@H](O)C[C@@H](O)C1. The fourth-order valence-electron chi connectivity index (χ4n) is 4.40. The number of hydrogen-bond acceptors (Lipinski definition) is 8. The van der Waals surface area contributed by atoms with Crippen molar-refractivity contribution in [1.29, 1.82) is 0 Å². The van der Waals surface area contributed by atoms with E-state index >= 15 is 0 Å². The number of hydrogen-bond donors (Lipinski definition) is 4. The third-order valence-electron chi connectivity index (χ3n) is 5.82. The fraction of sp³-hybridized carbons (Fsp3) is 0.333. The number of halogens is 1. The lowest BCUT2D eigenvalue weighted by atomic mass is 10.0. The number of nitrogens with zero attached hydrogens (tertiary/aromatic N) is 6. The van der Waals surface area contributed by atoms with Crippen molar-refractivity contribution in [3.8, 4) is 0 Å². The zero-order chi connectivity index (χ0) is 23.3. The van der Waals surface area contributed by atoms with Crippen LogP contribution in [0.25, 0.3) is 11.2 Å². The largest absolute Gasteiger partial charge is 0.391 e. The summed E-state index contributed by atoms with van der Waals surface area (Å²) in [5, 5.41) is 28.1. The number of piperidine rings is 1. The molecule has 172 valence electrons. The molecule has 0 aromatic carbocycles. The number of imidazole rings is 1. The van der Waals surface area contributed by atoms with Crippen LogP contribution in [0.3, 0.4) is 0 Å². The van der Waals surface area contributed by atoms with Crippen LogP contribution in [0.4, 0.5) is 11.6 Å². The van der Waals surface area contributed by atoms with Gasteiger partial charge in [-0.05, 0) is 19.1 Å². The first-order valence-electron chi connectivity index (χ1n) is 10.5. The standard InChI is InChI=1S/C21H23ClN8O3/c1-11(26-20(33)17-18(23)27-30-4-2-3-25-19(17)30)14-6-15(22)16-7-24-10-29(16)21(14)28-8-12(31)5-13(32)9-28/h2-4,6-7,10-13,31-32H,5,8-9H2,1H3,(H2,23,27)(H,26,33)/t11?,12-,13-/m1/s1. The first-order valence-corrected chi connectivity index (χ1v) is 10.9. The van der Waals surface area contributed by atoms with Crippen LogP contribution in [0, 0.1) is 0 Å². The number of fused-ring (bicyclic) bond motifs is 2. The molecule has 0 radical (unpaired) electrons. The van der Waals surface area contributed by atoms with Crippen molar-refractivity contribution >= 4 is 40.3 Å². The second-order valence-electron chi connectivity index (χ2n) is 8.21. The van der Waals surface area contributed by atoms with Crippen molar-refractivity contribution in [2.45, 2.75) is 31.6 Å². The third kappa shape index (κ3) is 3.73. The molecule has 1 fully saturated rings. The molecule has 5 rings (SSSR count). The molecule has 5 N–H and O–H groups in total. The van der Waals surface area contributed by atoms with Gasteiger partial charge in [-0.15, -0.1) is 5.10 Å². The summed E-state index contributed by atoms with van der Waals surface area (Å²) in [5.41, 5.74) is 7.91. The van der Waals surface area contributed by atoms with Gasteiger partial charge in [-0.3, -0.25) is 9.20 Å². The fourth-order valence-corrected chi connectivity index (χ4v) is 4.65. The van der Waals surface area contributed by atoms with Gasteiger partial charge in [0, 0.05) is 37.5 Å². The van der Waals surface area contributed by atoms with E-state index in [1.807, 2.05) is 11.8 Å². The molecule has 33 heavy (non-hydrogen) atoms. The maximum atomic E-state index is 13.2. The highest BCUT2D eigenvalue weighted by Gasteiger charge is 2.30. The van der Waals surface area contributed by atoms with Gasteiger partial charge in [0.05, 0.1) is 35.0 Å². The Morgan fingerprint density at radius 2 is 2.09 bits per heavy atom. The van der Waals surface area contributed by atoms with Crippen LogP contribution in [0.1, 0.15) is 35.3 Å². The number of rotatable bonds is 4. The number of β-amino-alcohol motifs (C(OH)–C–C–N with tert-alkyl or cyclic N) is 2. The smallest absolute Gasteiger partial charge is 0.259 e. The Bertz CT molecular complexity index is 1340. The number of carbonyl (C=O) groups excluding carboxylic acids is 1. The van der Waals surface area contributed by atoms with E-state index in [0.717, 1.165) is 0 Å². The summed E-state index contributed by atoms with van der Waals surface area (Å²) >= 11 is 6.52. The molecule has 1 amide bonds. The van der Waals surface area contributed by atoms with Gasteiger partial charge in [0.15, 0.2) is 11.5 Å². The first-order chi connectivity index (χ1) is 15.8. The molecule has 1 unspecified atom stereocenters. The van der Waals surface area contributed by atoms with E-state index in [-0.39, 0.29) is 11.4 Å². The van der Waals surface area contributed by atoms with Crippen LogP contribution in [0.2, 0.25) is 5.02 Å². The van der Waals surface area contributed by atoms with Crippen LogP contribution < -0.4 is 16.0 Å². The minimum Gasteiger partial charge on any atom is -0.391 e. The van der Waals surface area contributed by atoms with Gasteiger partial charge in [-0.25, -0.2) is 14.5 Å². The third-order valence-corrected chi connectivity index (χ3v) is 6.12. The monoisotopic (exact) mass is 470 g/mol. The highest BCUT2D eigenvalue weighted by atomic mass is 35.5. The number of aliphatic hydroxyl groups excluding tert-OH is 2. The zero-order valence-corrected chi connectivity index (χ0v) is 18.5. The predicted molar refractivity (Wildman–Crippen MR) is 122 cm³/mol. The van der Waals surface area contributed by atoms with E-state index in [1.54, 1.807) is 41.5 Å². The van der Waals surface area contributed by atoms with Crippen molar-refractivity contribution in [3.05, 3.63) is 53.2 Å². The van der Waals surface area contributed by atoms with Gasteiger partial charge in [-0.2, -0.15) is 0 Å². The average molecular weight is 471 g/mol. The van der Waals surface area contributed by atoms with Gasteiger partial charge in [0.25, 0.3) is 5.91 Å². The highest BCUT2D eigenvalue weighted by molar-refractivity contribution is 6.34. The summed E-state index contributed by atoms with van der Waals surface area (Å²) in [5.74, 6) is 0.327. The molecule has 1 saturated heterocycles. The number of aromatic nitrogens is 5. The maximum Gasteiger partial charge on any atom is 0.259 e. The molecule has 1 aliphatic rings. The van der Waals surface area contributed by atoms with Gasteiger partial charge in [0.2, 0.25) is 0 Å². The second-order valence-corrected chi connectivity index (χ2v) is 8.62. The quantitative estimate of drug-likeness (QED) is 0.346. The zero-order valence-electron chi connectivity index (χ0n) is 17.8. The Hall–Kier alpha value is -3.41. The normalized spacial score (nSPS) is 19.8. The summed E-state index contributed by atoms with van der Waals surface area (Å²) < 4.78 is 3.25. The number of pyridine rings is 1. The Morgan fingerprint density at radius 3 is 2.85 bits per heavy atom. The van der Waals surface area contributed by atoms with E-state index < -0.39 is 24.2 Å². The molecule has 5 heterocycles. The van der Waals surface area contributed by atoms with Crippen LogP contribution in [0.15, 0.2) is 37.1 Å². The molecule has 12 heteroatoms. The molecular formula is C21H23ClN8O3. The Labute approximate surface area is 193 Å². The molecule has 0 spiro atoms. The number of nitrogens with two attached hydrogens (primary N) is 1. The first kappa shape index (κ1) is 21.4. The molecule has 1 aliphatic heterocycles. The van der Waals surface area contributed by atoms with E-state index in [4.69, 9.17) is 17.3 Å². The van der Waals surface area contributed by atoms with Crippen molar-refractivity contribution in [1.82, 2.24) is 29.3 Å². The van der Waals surface area contributed by atoms with E-state index in [9.17, 15) is 15.0 Å². The Kier molecular flexibility index (Phi) is 5.31. The number of nitrogen functional groups attached to an aromatic ring is 1. The van der Waals surface area contributed by atoms with E-state index in [0.29, 0.717) is 47.1 Å². The highest BCUT2D eigenvalue weighted by Crippen LogP contribution is 2.34. The molecule has 4 aromatic rings.